The van der Waals surface area contributed by atoms with Crippen molar-refractivity contribution in [1.29, 1.82) is 0 Å². The lowest BCUT2D eigenvalue weighted by Crippen LogP contribution is -2.47. The zero-order valence-corrected chi connectivity index (χ0v) is 11.9. The van der Waals surface area contributed by atoms with Crippen LogP contribution in [0.5, 0.6) is 0 Å². The summed E-state index contributed by atoms with van der Waals surface area (Å²) in [7, 11) is 0. The minimum atomic E-state index is -1.40. The third-order valence-corrected chi connectivity index (χ3v) is 3.65. The van der Waals surface area contributed by atoms with Gasteiger partial charge in [0.2, 0.25) is 0 Å². The van der Waals surface area contributed by atoms with E-state index in [-0.39, 0.29) is 12.4 Å². The number of carbonyl (C=O) groups excluding carboxylic acids is 1. The number of rotatable bonds is 5. The summed E-state index contributed by atoms with van der Waals surface area (Å²) in [5, 5.41) is 10.9. The van der Waals surface area contributed by atoms with E-state index in [1.807, 2.05) is 0 Å². The lowest BCUT2D eigenvalue weighted by Gasteiger charge is -2.40. The van der Waals surface area contributed by atoms with Crippen molar-refractivity contribution in [3.05, 3.63) is 35.6 Å². The fourth-order valence-electron chi connectivity index (χ4n) is 2.21. The average Bonchev–Trinajstić information content (AvgIpc) is 2.38. The summed E-state index contributed by atoms with van der Waals surface area (Å²) in [4.78, 5) is 12.1. The van der Waals surface area contributed by atoms with Gasteiger partial charge in [0.25, 0.3) is 0 Å². The monoisotopic (exact) mass is 268 g/mol. The van der Waals surface area contributed by atoms with Gasteiger partial charge in [-0.05, 0) is 44.9 Å². The van der Waals surface area contributed by atoms with Crippen LogP contribution < -0.4 is 0 Å². The van der Waals surface area contributed by atoms with Gasteiger partial charge in [-0.25, -0.2) is 4.39 Å². The largest absolute Gasteiger partial charge is 0.465 e. The van der Waals surface area contributed by atoms with Crippen molar-refractivity contribution in [2.75, 3.05) is 6.61 Å². The van der Waals surface area contributed by atoms with Gasteiger partial charge in [0.15, 0.2) is 0 Å². The Morgan fingerprint density at radius 1 is 1.26 bits per heavy atom. The molecule has 0 amide bonds. The van der Waals surface area contributed by atoms with E-state index in [9.17, 15) is 14.3 Å². The first kappa shape index (κ1) is 15.6. The molecule has 0 heterocycles. The number of esters is 1. The summed E-state index contributed by atoms with van der Waals surface area (Å²) < 4.78 is 18.0. The first-order valence-electron chi connectivity index (χ1n) is 6.45. The van der Waals surface area contributed by atoms with Gasteiger partial charge >= 0.3 is 5.97 Å². The van der Waals surface area contributed by atoms with Gasteiger partial charge in [0.05, 0.1) is 12.0 Å². The highest BCUT2D eigenvalue weighted by Crippen LogP contribution is 2.43. The Morgan fingerprint density at radius 3 is 2.21 bits per heavy atom. The second-order valence-corrected chi connectivity index (χ2v) is 5.07. The Morgan fingerprint density at radius 2 is 1.79 bits per heavy atom. The molecule has 1 rings (SSSR count). The molecule has 1 atom stereocenters. The molecule has 0 aliphatic heterocycles. The van der Waals surface area contributed by atoms with Crippen molar-refractivity contribution in [3.8, 4) is 0 Å². The summed E-state index contributed by atoms with van der Waals surface area (Å²) in [6, 6.07) is 5.55. The van der Waals surface area contributed by atoms with Crippen LogP contribution in [0.15, 0.2) is 24.3 Å². The van der Waals surface area contributed by atoms with Crippen LogP contribution in [-0.2, 0) is 15.1 Å². The van der Waals surface area contributed by atoms with E-state index in [4.69, 9.17) is 4.74 Å². The van der Waals surface area contributed by atoms with Gasteiger partial charge in [0, 0.05) is 0 Å². The summed E-state index contributed by atoms with van der Waals surface area (Å²) in [6.45, 7) is 7.03. The Labute approximate surface area is 113 Å². The molecule has 0 saturated carbocycles. The summed E-state index contributed by atoms with van der Waals surface area (Å²) >= 11 is 0. The van der Waals surface area contributed by atoms with Crippen molar-refractivity contribution >= 4 is 5.97 Å². The van der Waals surface area contributed by atoms with Crippen molar-refractivity contribution in [1.82, 2.24) is 0 Å². The molecular weight excluding hydrogens is 247 g/mol. The Hall–Kier alpha value is -1.42. The molecule has 0 radical (unpaired) electrons. The maximum absolute atomic E-state index is 13.0. The number of halogens is 1. The molecule has 1 N–H and O–H groups in total. The molecule has 4 heteroatoms. The lowest BCUT2D eigenvalue weighted by atomic mass is 9.69. The molecule has 0 bridgehead atoms. The predicted molar refractivity (Wildman–Crippen MR) is 71.0 cm³/mol. The van der Waals surface area contributed by atoms with E-state index >= 15 is 0 Å². The maximum atomic E-state index is 13.0. The van der Waals surface area contributed by atoms with Gasteiger partial charge in [-0.3, -0.25) is 4.79 Å². The highest BCUT2D eigenvalue weighted by Gasteiger charge is 2.49. The van der Waals surface area contributed by atoms with Crippen molar-refractivity contribution in [3.63, 3.8) is 0 Å². The fraction of sp³-hybridized carbons (Fsp3) is 0.533. The summed E-state index contributed by atoms with van der Waals surface area (Å²) in [5.41, 5.74) is -2.00. The second kappa shape index (κ2) is 5.70. The average molecular weight is 268 g/mol. The standard InChI is InChI=1S/C15H21FO3/c1-5-15(18,11-7-9-12(16)10-8-11)14(3,4)13(17)19-6-2/h7-10,18H,5-6H2,1-4H3. The highest BCUT2D eigenvalue weighted by molar-refractivity contribution is 5.78. The van der Waals surface area contributed by atoms with E-state index in [2.05, 4.69) is 0 Å². The third kappa shape index (κ3) is 2.78. The van der Waals surface area contributed by atoms with Gasteiger partial charge in [-0.2, -0.15) is 0 Å². The molecule has 19 heavy (non-hydrogen) atoms. The van der Waals surface area contributed by atoms with E-state index in [0.29, 0.717) is 12.0 Å². The lowest BCUT2D eigenvalue weighted by molar-refractivity contribution is -0.173. The quantitative estimate of drug-likeness (QED) is 0.835. The molecule has 1 aromatic carbocycles. The zero-order chi connectivity index (χ0) is 14.7. The van der Waals surface area contributed by atoms with Crippen LogP contribution in [-0.4, -0.2) is 17.7 Å². The number of aliphatic hydroxyl groups is 1. The van der Waals surface area contributed by atoms with E-state index < -0.39 is 17.0 Å². The molecule has 0 fully saturated rings. The topological polar surface area (TPSA) is 46.5 Å². The van der Waals surface area contributed by atoms with Crippen LogP contribution in [0.25, 0.3) is 0 Å². The Bertz CT molecular complexity index is 439. The van der Waals surface area contributed by atoms with Gasteiger partial charge in [-0.15, -0.1) is 0 Å². The van der Waals surface area contributed by atoms with Crippen LogP contribution in [0.1, 0.15) is 39.7 Å². The number of hydrogen-bond donors (Lipinski definition) is 1. The van der Waals surface area contributed by atoms with E-state index in [1.165, 1.54) is 24.3 Å². The number of hydrogen-bond acceptors (Lipinski definition) is 3. The predicted octanol–water partition coefficient (Wildman–Crippen LogP) is 3.01. The molecule has 1 aromatic rings. The van der Waals surface area contributed by atoms with Crippen molar-refractivity contribution in [2.45, 2.75) is 39.7 Å². The zero-order valence-electron chi connectivity index (χ0n) is 11.9. The molecule has 106 valence electrons. The normalized spacial score (nSPS) is 14.8. The van der Waals surface area contributed by atoms with Gasteiger partial charge in [-0.1, -0.05) is 19.1 Å². The molecule has 0 aliphatic rings. The molecule has 1 unspecified atom stereocenters. The van der Waals surface area contributed by atoms with Crippen molar-refractivity contribution < 1.29 is 19.0 Å². The van der Waals surface area contributed by atoms with Crippen LogP contribution >= 0.6 is 0 Å². The third-order valence-electron chi connectivity index (χ3n) is 3.65. The number of ether oxygens (including phenoxy) is 1. The first-order valence-corrected chi connectivity index (χ1v) is 6.45. The van der Waals surface area contributed by atoms with Crippen LogP contribution in [0.3, 0.4) is 0 Å². The van der Waals surface area contributed by atoms with E-state index in [0.717, 1.165) is 0 Å². The SMILES string of the molecule is CCOC(=O)C(C)(C)C(O)(CC)c1ccc(F)cc1. The fourth-order valence-corrected chi connectivity index (χ4v) is 2.21. The second-order valence-electron chi connectivity index (χ2n) is 5.07. The van der Waals surface area contributed by atoms with Gasteiger partial charge in [0.1, 0.15) is 11.4 Å². The molecule has 0 aliphatic carbocycles. The summed E-state index contributed by atoms with van der Waals surface area (Å²) in [6.07, 6.45) is 0.324. The number of benzene rings is 1. The smallest absolute Gasteiger partial charge is 0.314 e. The van der Waals surface area contributed by atoms with Crippen LogP contribution in [0.4, 0.5) is 4.39 Å². The minimum absolute atomic E-state index is 0.255. The van der Waals surface area contributed by atoms with E-state index in [1.54, 1.807) is 27.7 Å². The maximum Gasteiger partial charge on any atom is 0.314 e. The highest BCUT2D eigenvalue weighted by atomic mass is 19.1. The molecule has 0 spiro atoms. The number of carbonyl (C=O) groups is 1. The van der Waals surface area contributed by atoms with Crippen molar-refractivity contribution in [2.24, 2.45) is 5.41 Å². The molecular formula is C15H21FO3. The van der Waals surface area contributed by atoms with Gasteiger partial charge < -0.3 is 9.84 Å². The van der Waals surface area contributed by atoms with Crippen LogP contribution in [0.2, 0.25) is 0 Å². The Balaban J connectivity index is 3.22. The molecule has 0 aromatic heterocycles. The molecule has 0 saturated heterocycles. The summed E-state index contributed by atoms with van der Waals surface area (Å²) in [5.74, 6) is -0.847. The minimum Gasteiger partial charge on any atom is -0.465 e. The molecule has 3 nitrogen and oxygen atoms in total. The van der Waals surface area contributed by atoms with Crippen LogP contribution in [0, 0.1) is 11.2 Å². The first-order chi connectivity index (χ1) is 8.79. The Kier molecular flexibility index (Phi) is 4.69.